The van der Waals surface area contributed by atoms with E-state index in [-0.39, 0.29) is 18.4 Å². The Morgan fingerprint density at radius 3 is 2.27 bits per heavy atom. The summed E-state index contributed by atoms with van der Waals surface area (Å²) in [7, 11) is 3.47. The third kappa shape index (κ3) is 5.65. The molecular weight excluding hydrogens is 468 g/mol. The SMILES string of the molecule is CCOc1cc2c(cc1OCC)C(C(=Nc1ccc(N(C)C(=O)CNC)cc1)c1ccccc1)C(=O)N2. The monoisotopic (exact) mass is 500 g/mol. The molecule has 0 bridgehead atoms. The first kappa shape index (κ1) is 25.9. The lowest BCUT2D eigenvalue weighted by Crippen LogP contribution is -2.33. The molecule has 0 saturated carbocycles. The minimum atomic E-state index is -0.633. The molecule has 0 aliphatic carbocycles. The number of ether oxygens (including phenoxy) is 2. The van der Waals surface area contributed by atoms with Crippen LogP contribution in [0.2, 0.25) is 0 Å². The zero-order valence-corrected chi connectivity index (χ0v) is 21.6. The maximum Gasteiger partial charge on any atom is 0.240 e. The van der Waals surface area contributed by atoms with Crippen LogP contribution in [0, 0.1) is 0 Å². The van der Waals surface area contributed by atoms with Gasteiger partial charge in [0.2, 0.25) is 11.8 Å². The average Bonchev–Trinajstić information content (AvgIpc) is 3.22. The lowest BCUT2D eigenvalue weighted by atomic mass is 9.90. The van der Waals surface area contributed by atoms with Crippen LogP contribution in [0.3, 0.4) is 0 Å². The van der Waals surface area contributed by atoms with Gasteiger partial charge in [0.25, 0.3) is 0 Å². The Morgan fingerprint density at radius 2 is 1.65 bits per heavy atom. The highest BCUT2D eigenvalue weighted by molar-refractivity contribution is 6.24. The number of amides is 2. The Bertz CT molecular complexity index is 1290. The molecule has 8 heteroatoms. The van der Waals surface area contributed by atoms with Crippen molar-refractivity contribution in [3.63, 3.8) is 0 Å². The van der Waals surface area contributed by atoms with Crippen LogP contribution in [0.4, 0.5) is 17.1 Å². The van der Waals surface area contributed by atoms with Crippen LogP contribution >= 0.6 is 0 Å². The Labute approximate surface area is 217 Å². The molecule has 192 valence electrons. The van der Waals surface area contributed by atoms with Crippen LogP contribution in [-0.4, -0.2) is 51.4 Å². The van der Waals surface area contributed by atoms with Gasteiger partial charge in [-0.3, -0.25) is 14.6 Å². The van der Waals surface area contributed by atoms with Gasteiger partial charge in [0.1, 0.15) is 5.92 Å². The minimum Gasteiger partial charge on any atom is -0.490 e. The lowest BCUT2D eigenvalue weighted by Gasteiger charge is -2.18. The molecule has 3 aromatic rings. The summed E-state index contributed by atoms with van der Waals surface area (Å²) in [6.45, 7) is 5.03. The molecule has 0 spiro atoms. The van der Waals surface area contributed by atoms with Crippen LogP contribution in [0.5, 0.6) is 11.5 Å². The molecule has 0 aromatic heterocycles. The van der Waals surface area contributed by atoms with Crippen molar-refractivity contribution in [2.45, 2.75) is 19.8 Å². The third-order valence-corrected chi connectivity index (χ3v) is 6.08. The summed E-state index contributed by atoms with van der Waals surface area (Å²) < 4.78 is 11.6. The number of nitrogens with zero attached hydrogens (tertiary/aromatic N) is 2. The highest BCUT2D eigenvalue weighted by Gasteiger charge is 2.37. The van der Waals surface area contributed by atoms with Gasteiger partial charge in [-0.1, -0.05) is 30.3 Å². The van der Waals surface area contributed by atoms with Gasteiger partial charge in [-0.05, 0) is 62.4 Å². The fourth-order valence-electron chi connectivity index (χ4n) is 4.29. The number of rotatable bonds is 10. The molecule has 1 aliphatic rings. The number of carbonyl (C=O) groups is 2. The molecule has 0 saturated heterocycles. The molecule has 1 aliphatic heterocycles. The summed E-state index contributed by atoms with van der Waals surface area (Å²) in [4.78, 5) is 32.1. The molecule has 0 fully saturated rings. The predicted molar refractivity (Wildman–Crippen MR) is 147 cm³/mol. The number of hydrogen-bond acceptors (Lipinski definition) is 6. The van der Waals surface area contributed by atoms with Crippen LogP contribution in [0.25, 0.3) is 0 Å². The van der Waals surface area contributed by atoms with E-state index in [1.54, 1.807) is 19.0 Å². The number of fused-ring (bicyclic) bond motifs is 1. The van der Waals surface area contributed by atoms with Gasteiger partial charge in [-0.15, -0.1) is 0 Å². The van der Waals surface area contributed by atoms with Crippen LogP contribution < -0.4 is 25.0 Å². The second-order valence-corrected chi connectivity index (χ2v) is 8.54. The highest BCUT2D eigenvalue weighted by atomic mass is 16.5. The van der Waals surface area contributed by atoms with Crippen LogP contribution in [-0.2, 0) is 9.59 Å². The standard InChI is InChI=1S/C29H32N4O4/c1-5-36-24-16-22-23(17-25(24)37-6-2)32-29(35)27(22)28(19-10-8-7-9-11-19)31-20-12-14-21(15-13-20)33(4)26(34)18-30-3/h7-17,27,30H,5-6,18H2,1-4H3,(H,32,35). The van der Waals surface area contributed by atoms with Gasteiger partial charge in [0.05, 0.1) is 31.2 Å². The average molecular weight is 501 g/mol. The quantitative estimate of drug-likeness (QED) is 0.399. The zero-order chi connectivity index (χ0) is 26.4. The Hall–Kier alpha value is -4.17. The molecule has 0 radical (unpaired) electrons. The van der Waals surface area contributed by atoms with Crippen molar-refractivity contribution in [2.24, 2.45) is 4.99 Å². The van der Waals surface area contributed by atoms with Crippen molar-refractivity contribution < 1.29 is 19.1 Å². The molecule has 3 aromatic carbocycles. The first-order valence-electron chi connectivity index (χ1n) is 12.4. The zero-order valence-electron chi connectivity index (χ0n) is 21.6. The fraction of sp³-hybridized carbons (Fsp3) is 0.276. The van der Waals surface area contributed by atoms with E-state index in [4.69, 9.17) is 14.5 Å². The van der Waals surface area contributed by atoms with Crippen LogP contribution in [0.15, 0.2) is 71.7 Å². The second kappa shape index (κ2) is 11.7. The maximum absolute atomic E-state index is 13.3. The van der Waals surface area contributed by atoms with Gasteiger partial charge in [0, 0.05) is 24.5 Å². The summed E-state index contributed by atoms with van der Waals surface area (Å²) in [5.74, 6) is 0.347. The molecule has 1 heterocycles. The number of benzene rings is 3. The van der Waals surface area contributed by atoms with Crippen molar-refractivity contribution in [1.82, 2.24) is 5.32 Å². The van der Waals surface area contributed by atoms with Gasteiger partial charge < -0.3 is 25.0 Å². The Balaban J connectivity index is 1.77. The van der Waals surface area contributed by atoms with Gasteiger partial charge in [0.15, 0.2) is 11.5 Å². The normalized spacial score (nSPS) is 14.6. The smallest absolute Gasteiger partial charge is 0.240 e. The number of hydrogen-bond donors (Lipinski definition) is 2. The highest BCUT2D eigenvalue weighted by Crippen LogP contribution is 2.43. The Kier molecular flexibility index (Phi) is 8.20. The van der Waals surface area contributed by atoms with E-state index in [0.717, 1.165) is 16.8 Å². The lowest BCUT2D eigenvalue weighted by molar-refractivity contribution is -0.117. The summed E-state index contributed by atoms with van der Waals surface area (Å²) in [5.41, 5.74) is 4.37. The third-order valence-electron chi connectivity index (χ3n) is 6.08. The topological polar surface area (TPSA) is 92.3 Å². The number of aliphatic imine (C=N–C) groups is 1. The van der Waals surface area contributed by atoms with Gasteiger partial charge in [-0.25, -0.2) is 0 Å². The van der Waals surface area contributed by atoms with Crippen molar-refractivity contribution in [1.29, 1.82) is 0 Å². The maximum atomic E-state index is 13.3. The van der Waals surface area contributed by atoms with E-state index < -0.39 is 5.92 Å². The van der Waals surface area contributed by atoms with Crippen molar-refractivity contribution >= 4 is 34.6 Å². The molecule has 1 atom stereocenters. The van der Waals surface area contributed by atoms with E-state index in [2.05, 4.69) is 10.6 Å². The molecule has 1 unspecified atom stereocenters. The molecule has 37 heavy (non-hydrogen) atoms. The molecule has 4 rings (SSSR count). The number of likely N-dealkylation sites (N-methyl/N-ethyl adjacent to an activating group) is 2. The summed E-state index contributed by atoms with van der Waals surface area (Å²) >= 11 is 0. The first-order chi connectivity index (χ1) is 18.0. The van der Waals surface area contributed by atoms with E-state index in [0.29, 0.717) is 41.8 Å². The molecule has 2 N–H and O–H groups in total. The molecule has 2 amide bonds. The fourth-order valence-corrected chi connectivity index (χ4v) is 4.29. The Morgan fingerprint density at radius 1 is 1.00 bits per heavy atom. The summed E-state index contributed by atoms with van der Waals surface area (Å²) in [6.07, 6.45) is 0. The first-order valence-corrected chi connectivity index (χ1v) is 12.4. The minimum absolute atomic E-state index is 0.0421. The van der Waals surface area contributed by atoms with Gasteiger partial charge >= 0.3 is 0 Å². The van der Waals surface area contributed by atoms with E-state index >= 15 is 0 Å². The molecular formula is C29H32N4O4. The van der Waals surface area contributed by atoms with E-state index in [1.165, 1.54) is 0 Å². The van der Waals surface area contributed by atoms with Crippen molar-refractivity contribution in [3.05, 3.63) is 77.9 Å². The predicted octanol–water partition coefficient (Wildman–Crippen LogP) is 4.52. The molecule has 8 nitrogen and oxygen atoms in total. The van der Waals surface area contributed by atoms with Crippen molar-refractivity contribution in [3.8, 4) is 11.5 Å². The van der Waals surface area contributed by atoms with E-state index in [9.17, 15) is 9.59 Å². The number of nitrogens with one attached hydrogen (secondary N) is 2. The summed E-state index contributed by atoms with van der Waals surface area (Å²) in [5, 5.41) is 5.87. The van der Waals surface area contributed by atoms with Gasteiger partial charge in [-0.2, -0.15) is 0 Å². The number of carbonyl (C=O) groups excluding carboxylic acids is 2. The van der Waals surface area contributed by atoms with E-state index in [1.807, 2.05) is 80.6 Å². The largest absolute Gasteiger partial charge is 0.490 e. The van der Waals surface area contributed by atoms with Crippen molar-refractivity contribution in [2.75, 3.05) is 44.1 Å². The second-order valence-electron chi connectivity index (χ2n) is 8.54. The summed E-state index contributed by atoms with van der Waals surface area (Å²) in [6, 6.07) is 20.7. The number of anilines is 2. The van der Waals surface area contributed by atoms with Crippen LogP contribution in [0.1, 0.15) is 30.9 Å².